The molecule has 2 unspecified atom stereocenters. The number of ketones is 1. The molecule has 3 aliphatic heterocycles. The Labute approximate surface area is 272 Å². The molecule has 10 N–H and O–H groups in total. The highest BCUT2D eigenvalue weighted by Crippen LogP contribution is 2.58. The monoisotopic (exact) mass is 759 g/mol. The first-order chi connectivity index (χ1) is 22.8. The van der Waals surface area contributed by atoms with Crippen LogP contribution in [0.4, 0.5) is 5.82 Å². The van der Waals surface area contributed by atoms with Crippen LogP contribution in [-0.2, 0) is 50.6 Å². The van der Waals surface area contributed by atoms with Crippen molar-refractivity contribution in [3.63, 3.8) is 0 Å². The highest BCUT2D eigenvalue weighted by atomic mass is 31.3. The number of nitrogens with two attached hydrogens (primary N) is 2. The lowest BCUT2D eigenvalue weighted by molar-refractivity contribution is -0.560. The number of hydrogen-bond acceptors (Lipinski definition) is 19. The topological polar surface area (TPSA) is 384 Å². The molecule has 0 aromatic carbocycles. The van der Waals surface area contributed by atoms with Gasteiger partial charge in [-0.25, -0.2) is 28.4 Å². The van der Waals surface area contributed by atoms with Gasteiger partial charge in [-0.1, -0.05) is 0 Å². The zero-order valence-corrected chi connectivity index (χ0v) is 27.0. The maximum Gasteiger partial charge on any atom is 0.478 e. The van der Waals surface area contributed by atoms with E-state index in [2.05, 4.69) is 32.8 Å². The van der Waals surface area contributed by atoms with Crippen molar-refractivity contribution < 1.29 is 90.1 Å². The van der Waals surface area contributed by atoms with Crippen molar-refractivity contribution in [3.05, 3.63) is 24.9 Å². The average Bonchev–Trinajstić information content (AvgIpc) is 3.64. The number of carbonyl (C=O) groups is 2. The van der Waals surface area contributed by atoms with E-state index in [0.29, 0.717) is 0 Å². The number of imidazole rings is 1. The Bertz CT molecular complexity index is 1820. The molecule has 5 heterocycles. The molecule has 2 aromatic rings. The highest BCUT2D eigenvalue weighted by Gasteiger charge is 2.51. The first-order valence-corrected chi connectivity index (χ1v) is 18.1. The van der Waals surface area contributed by atoms with Crippen LogP contribution in [0.15, 0.2) is 24.9 Å². The molecular formula is C21H28N7O18P3. The number of nitrogen functional groups attached to an aromatic ring is 1. The Morgan fingerprint density at radius 2 is 1.69 bits per heavy atom. The third kappa shape index (κ3) is 8.35. The van der Waals surface area contributed by atoms with Crippen LogP contribution >= 0.6 is 23.5 Å². The van der Waals surface area contributed by atoms with Gasteiger partial charge in [-0.15, -0.1) is 0 Å². The van der Waals surface area contributed by atoms with Crippen LogP contribution in [0.1, 0.15) is 6.23 Å². The van der Waals surface area contributed by atoms with E-state index in [0.717, 1.165) is 40.3 Å². The Morgan fingerprint density at radius 3 is 2.37 bits per heavy atom. The molecule has 270 valence electrons. The minimum absolute atomic E-state index is 0.0168. The van der Waals surface area contributed by atoms with E-state index in [-0.39, 0.29) is 17.0 Å². The standard InChI is InChI=1S/C21H28N7O18P3/c22-17-12-19(25-6-24-17)28(7-26-12)21-16(45-47(34,35)36)14(31)11(44-21)5-42-49(39,40)46-48(37,38)41-4-10-13(30)15(32)20(43-10)27-2-1-9(29)8(3-27)18(23)33/h1-3,6-8,10-11,13-16,20-21,30-32H,4-5H2,(H7-,22,23,24,25,33,34,35,36,37,38,39,40)/t8-,10-,11-,13-,14-,15+,16+,20+,21+/m0/s1. The van der Waals surface area contributed by atoms with Gasteiger partial charge in [0.2, 0.25) is 5.91 Å². The molecule has 5 rings (SSSR count). The summed E-state index contributed by atoms with van der Waals surface area (Å²) >= 11 is 0. The van der Waals surface area contributed by atoms with Crippen LogP contribution in [-0.4, -0.2) is 128 Å². The molecule has 2 fully saturated rings. The number of rotatable bonds is 13. The smallest absolute Gasteiger partial charge is 0.478 e. The summed E-state index contributed by atoms with van der Waals surface area (Å²) in [6, 6.07) is 0. The zero-order valence-electron chi connectivity index (χ0n) is 24.3. The molecule has 0 aliphatic carbocycles. The van der Waals surface area contributed by atoms with Crippen molar-refractivity contribution in [2.24, 2.45) is 11.7 Å². The number of nitrogens with zero attached hydrogens (tertiary/aromatic N) is 5. The minimum Gasteiger partial charge on any atom is -0.756 e. The van der Waals surface area contributed by atoms with E-state index in [4.69, 9.17) is 20.9 Å². The molecule has 2 saturated heterocycles. The summed E-state index contributed by atoms with van der Waals surface area (Å²) in [6.45, 7) is -2.20. The normalized spacial score (nSPS) is 33.0. The Morgan fingerprint density at radius 1 is 1.02 bits per heavy atom. The number of phosphoric ester groups is 3. The summed E-state index contributed by atoms with van der Waals surface area (Å²) in [6.07, 6.45) is -8.52. The number of aromatic nitrogens is 4. The first kappa shape index (κ1) is 37.3. The number of phosphoric acid groups is 3. The SMILES string of the molecule is NC(=O)[C@H]1C=[N+]([C@@H]2O[C@@H](COP(=O)([O-])OP(=O)(O)OC[C@@H]3O[C@@H](n4cnc5c(N)ncnc54)[C@H](OP(=O)(O)O)[C@H]3O)[C@H](O)[C@H]2O)C=CC1=O. The second kappa shape index (κ2) is 14.0. The molecule has 0 spiro atoms. The number of aliphatic hydroxyl groups is 3. The van der Waals surface area contributed by atoms with Crippen LogP contribution in [0.3, 0.4) is 0 Å². The molecule has 11 atom stereocenters. The largest absolute Gasteiger partial charge is 0.756 e. The van der Waals surface area contributed by atoms with Crippen molar-refractivity contribution in [1.29, 1.82) is 0 Å². The molecule has 2 aromatic heterocycles. The summed E-state index contributed by atoms with van der Waals surface area (Å²) < 4.78 is 67.6. The molecule has 49 heavy (non-hydrogen) atoms. The maximum atomic E-state index is 12.5. The number of aliphatic hydroxyl groups excluding tert-OH is 3. The number of fused-ring (bicyclic) bond motifs is 1. The number of amides is 1. The molecule has 0 radical (unpaired) electrons. The fourth-order valence-corrected chi connectivity index (χ4v) is 7.57. The fourth-order valence-electron chi connectivity index (χ4n) is 4.97. The molecule has 28 heteroatoms. The summed E-state index contributed by atoms with van der Waals surface area (Å²) in [7, 11) is -16.7. The van der Waals surface area contributed by atoms with Crippen LogP contribution in [0.5, 0.6) is 0 Å². The number of ether oxygens (including phenoxy) is 2. The number of primary amides is 1. The van der Waals surface area contributed by atoms with Gasteiger partial charge in [0.05, 0.1) is 19.5 Å². The van der Waals surface area contributed by atoms with E-state index in [9.17, 15) is 58.2 Å². The summed E-state index contributed by atoms with van der Waals surface area (Å²) in [5.74, 6) is -3.15. The van der Waals surface area contributed by atoms with Crippen molar-refractivity contribution in [1.82, 2.24) is 19.5 Å². The maximum absolute atomic E-state index is 12.5. The van der Waals surface area contributed by atoms with Crippen molar-refractivity contribution in [2.75, 3.05) is 18.9 Å². The van der Waals surface area contributed by atoms with Crippen molar-refractivity contribution in [2.45, 2.75) is 49.1 Å². The van der Waals surface area contributed by atoms with Crippen molar-refractivity contribution >= 4 is 58.4 Å². The Hall–Kier alpha value is -2.93. The first-order valence-electron chi connectivity index (χ1n) is 13.6. The van der Waals surface area contributed by atoms with Gasteiger partial charge in [0.15, 0.2) is 47.9 Å². The van der Waals surface area contributed by atoms with Gasteiger partial charge >= 0.3 is 15.6 Å². The molecule has 25 nitrogen and oxygen atoms in total. The molecular weight excluding hydrogens is 731 g/mol. The highest BCUT2D eigenvalue weighted by molar-refractivity contribution is 7.60. The zero-order chi connectivity index (χ0) is 36.1. The van der Waals surface area contributed by atoms with E-state index < -0.39 is 103 Å². The Balaban J connectivity index is 1.20. The molecule has 3 aliphatic rings. The van der Waals surface area contributed by atoms with Gasteiger partial charge in [-0.05, 0) is 0 Å². The van der Waals surface area contributed by atoms with Crippen LogP contribution in [0.2, 0.25) is 0 Å². The van der Waals surface area contributed by atoms with Gasteiger partial charge in [-0.3, -0.25) is 27.8 Å². The summed E-state index contributed by atoms with van der Waals surface area (Å²) in [4.78, 5) is 76.3. The van der Waals surface area contributed by atoms with Gasteiger partial charge in [-0.2, -0.15) is 4.58 Å². The van der Waals surface area contributed by atoms with E-state index in [1.54, 1.807) is 0 Å². The predicted molar refractivity (Wildman–Crippen MR) is 151 cm³/mol. The summed E-state index contributed by atoms with van der Waals surface area (Å²) in [5.41, 5.74) is 10.9. The van der Waals surface area contributed by atoms with Crippen LogP contribution < -0.4 is 16.4 Å². The second-order valence-corrected chi connectivity index (χ2v) is 14.7. The van der Waals surface area contributed by atoms with Gasteiger partial charge < -0.3 is 60.4 Å². The minimum atomic E-state index is -5.77. The number of hydrogen-bond donors (Lipinski definition) is 8. The van der Waals surface area contributed by atoms with Crippen molar-refractivity contribution in [3.8, 4) is 0 Å². The van der Waals surface area contributed by atoms with E-state index >= 15 is 0 Å². The third-order valence-corrected chi connectivity index (χ3v) is 10.3. The van der Waals surface area contributed by atoms with Gasteiger partial charge in [0, 0.05) is 6.08 Å². The summed E-state index contributed by atoms with van der Waals surface area (Å²) in [5, 5.41) is 31.5. The predicted octanol–water partition coefficient (Wildman–Crippen LogP) is -4.51. The fraction of sp³-hybridized carbons (Fsp3) is 0.524. The van der Waals surface area contributed by atoms with Crippen LogP contribution in [0.25, 0.3) is 11.2 Å². The Kier molecular flexibility index (Phi) is 10.7. The lowest BCUT2D eigenvalue weighted by Gasteiger charge is -2.26. The van der Waals surface area contributed by atoms with E-state index in [1.807, 2.05) is 0 Å². The number of allylic oxidation sites excluding steroid dienone is 1. The van der Waals surface area contributed by atoms with Gasteiger partial charge in [0.1, 0.15) is 42.4 Å². The second-order valence-electron chi connectivity index (χ2n) is 10.5. The van der Waals surface area contributed by atoms with Crippen LogP contribution in [0, 0.1) is 5.92 Å². The number of carbonyl (C=O) groups excluding carboxylic acids is 2. The molecule has 0 bridgehead atoms. The lowest BCUT2D eigenvalue weighted by atomic mass is 10.0. The average molecular weight is 759 g/mol. The number of anilines is 1. The molecule has 0 saturated carbocycles. The van der Waals surface area contributed by atoms with Gasteiger partial charge in [0.25, 0.3) is 14.1 Å². The quantitative estimate of drug-likeness (QED) is 0.0542. The third-order valence-electron chi connectivity index (χ3n) is 7.21. The molecule has 1 amide bonds. The van der Waals surface area contributed by atoms with E-state index in [1.165, 1.54) is 0 Å². The lowest BCUT2D eigenvalue weighted by Crippen LogP contribution is -2.42.